The molecule has 4 nitrogen and oxygen atoms in total. The van der Waals surface area contributed by atoms with Crippen LogP contribution in [-0.4, -0.2) is 10.9 Å². The minimum atomic E-state index is -0.260. The monoisotopic (exact) mass is 455 g/mol. The van der Waals surface area contributed by atoms with E-state index in [0.29, 0.717) is 33.2 Å². The van der Waals surface area contributed by atoms with Crippen molar-refractivity contribution in [3.63, 3.8) is 0 Å². The molecule has 0 unspecified atom stereocenters. The summed E-state index contributed by atoms with van der Waals surface area (Å²) in [6, 6.07) is 23.9. The molecule has 6 heteroatoms. The van der Waals surface area contributed by atoms with Gasteiger partial charge in [-0.3, -0.25) is 4.79 Å². The third-order valence-corrected chi connectivity index (χ3v) is 7.00. The Labute approximate surface area is 196 Å². The van der Waals surface area contributed by atoms with Gasteiger partial charge in [0.15, 0.2) is 0 Å². The van der Waals surface area contributed by atoms with Crippen LogP contribution in [0.15, 0.2) is 77.1 Å². The molecular formula is C26H21N3OS2. The number of aryl methyl sites for hydroxylation is 2. The van der Waals surface area contributed by atoms with Gasteiger partial charge in [-0.25, -0.2) is 4.98 Å². The van der Waals surface area contributed by atoms with Crippen LogP contribution in [0, 0.1) is 25.2 Å². The molecular weight excluding hydrogens is 434 g/mol. The zero-order chi connectivity index (χ0) is 22.5. The van der Waals surface area contributed by atoms with Gasteiger partial charge in [-0.05, 0) is 42.5 Å². The summed E-state index contributed by atoms with van der Waals surface area (Å²) in [5.74, 6) is 0.435. The topological polar surface area (TPSA) is 65.8 Å². The Bertz CT molecular complexity index is 1290. The van der Waals surface area contributed by atoms with Crippen LogP contribution in [0.1, 0.15) is 32.7 Å². The van der Waals surface area contributed by atoms with Gasteiger partial charge in [0.25, 0.3) is 5.91 Å². The number of amides is 1. The summed E-state index contributed by atoms with van der Waals surface area (Å²) >= 11 is 3.03. The van der Waals surface area contributed by atoms with Gasteiger partial charge < -0.3 is 5.32 Å². The van der Waals surface area contributed by atoms with Crippen molar-refractivity contribution in [2.45, 2.75) is 24.6 Å². The molecule has 0 atom stereocenters. The number of aromatic nitrogens is 1. The summed E-state index contributed by atoms with van der Waals surface area (Å²) in [7, 11) is 0. The summed E-state index contributed by atoms with van der Waals surface area (Å²) in [5.41, 5.74) is 5.01. The number of carbonyl (C=O) groups is 1. The van der Waals surface area contributed by atoms with E-state index in [-0.39, 0.29) is 5.91 Å². The SMILES string of the molecule is Cc1ccccc1NC(=O)c1c(C)nc(SCc2ccccc2)c(C#N)c1-c1cccs1. The van der Waals surface area contributed by atoms with Crippen LogP contribution in [-0.2, 0) is 5.75 Å². The molecule has 2 aromatic heterocycles. The minimum absolute atomic E-state index is 0.260. The molecule has 0 aliphatic rings. The molecule has 32 heavy (non-hydrogen) atoms. The Morgan fingerprint density at radius 3 is 2.50 bits per heavy atom. The van der Waals surface area contributed by atoms with Crippen LogP contribution >= 0.6 is 23.1 Å². The molecule has 0 aliphatic carbocycles. The number of nitriles is 1. The van der Waals surface area contributed by atoms with E-state index >= 15 is 0 Å². The lowest BCUT2D eigenvalue weighted by Crippen LogP contribution is -2.17. The van der Waals surface area contributed by atoms with Crippen molar-refractivity contribution in [1.82, 2.24) is 4.98 Å². The van der Waals surface area contributed by atoms with E-state index in [1.807, 2.05) is 73.8 Å². The first-order chi connectivity index (χ1) is 15.6. The van der Waals surface area contributed by atoms with Crippen molar-refractivity contribution in [2.24, 2.45) is 0 Å². The van der Waals surface area contributed by atoms with E-state index in [1.165, 1.54) is 23.1 Å². The lowest BCUT2D eigenvalue weighted by molar-refractivity contribution is 0.102. The van der Waals surface area contributed by atoms with Gasteiger partial charge in [-0.2, -0.15) is 5.26 Å². The highest BCUT2D eigenvalue weighted by molar-refractivity contribution is 7.98. The minimum Gasteiger partial charge on any atom is -0.322 e. The van der Waals surface area contributed by atoms with E-state index in [9.17, 15) is 10.1 Å². The van der Waals surface area contributed by atoms with E-state index in [4.69, 9.17) is 4.98 Å². The second-order valence-electron chi connectivity index (χ2n) is 7.26. The van der Waals surface area contributed by atoms with Crippen molar-refractivity contribution in [1.29, 1.82) is 5.26 Å². The predicted molar refractivity (Wildman–Crippen MR) is 132 cm³/mol. The molecule has 0 aliphatic heterocycles. The van der Waals surface area contributed by atoms with Gasteiger partial charge in [-0.1, -0.05) is 54.6 Å². The van der Waals surface area contributed by atoms with Gasteiger partial charge in [0.2, 0.25) is 0 Å². The third-order valence-electron chi connectivity index (χ3n) is 5.06. The first-order valence-electron chi connectivity index (χ1n) is 10.1. The number of hydrogen-bond donors (Lipinski definition) is 1. The van der Waals surface area contributed by atoms with Crippen LogP contribution in [0.3, 0.4) is 0 Å². The van der Waals surface area contributed by atoms with E-state index in [1.54, 1.807) is 0 Å². The maximum Gasteiger partial charge on any atom is 0.258 e. The maximum atomic E-state index is 13.4. The second kappa shape index (κ2) is 9.82. The molecule has 0 saturated carbocycles. The van der Waals surface area contributed by atoms with Gasteiger partial charge in [0.05, 0.1) is 16.8 Å². The lowest BCUT2D eigenvalue weighted by Gasteiger charge is -2.16. The predicted octanol–water partition coefficient (Wildman–Crippen LogP) is 6.84. The van der Waals surface area contributed by atoms with Crippen LogP contribution in [0.5, 0.6) is 0 Å². The normalized spacial score (nSPS) is 10.5. The fourth-order valence-electron chi connectivity index (χ4n) is 3.45. The summed E-state index contributed by atoms with van der Waals surface area (Å²) < 4.78 is 0. The molecule has 0 radical (unpaired) electrons. The van der Waals surface area contributed by atoms with Crippen LogP contribution in [0.2, 0.25) is 0 Å². The van der Waals surface area contributed by atoms with E-state index in [0.717, 1.165) is 21.7 Å². The first-order valence-corrected chi connectivity index (χ1v) is 12.0. The van der Waals surface area contributed by atoms with Gasteiger partial charge in [-0.15, -0.1) is 23.1 Å². The molecule has 0 fully saturated rings. The average molecular weight is 456 g/mol. The molecule has 0 spiro atoms. The Balaban J connectivity index is 1.79. The molecule has 2 heterocycles. The van der Waals surface area contributed by atoms with E-state index < -0.39 is 0 Å². The number of thiophene rings is 1. The smallest absolute Gasteiger partial charge is 0.258 e. The highest BCUT2D eigenvalue weighted by Gasteiger charge is 2.25. The van der Waals surface area contributed by atoms with Gasteiger partial charge in [0.1, 0.15) is 11.1 Å². The number of nitrogens with zero attached hydrogens (tertiary/aromatic N) is 2. The van der Waals surface area contributed by atoms with E-state index in [2.05, 4.69) is 23.5 Å². The molecule has 0 bridgehead atoms. The molecule has 0 saturated heterocycles. The lowest BCUT2D eigenvalue weighted by atomic mass is 9.99. The second-order valence-corrected chi connectivity index (χ2v) is 9.17. The fourth-order valence-corrected chi connectivity index (χ4v) is 5.23. The molecule has 1 amide bonds. The van der Waals surface area contributed by atoms with Crippen molar-refractivity contribution in [3.05, 3.63) is 100 Å². The molecule has 4 rings (SSSR count). The Morgan fingerprint density at radius 1 is 1.06 bits per heavy atom. The first kappa shape index (κ1) is 21.8. The number of carbonyl (C=O) groups excluding carboxylic acids is 1. The number of rotatable bonds is 6. The van der Waals surface area contributed by atoms with Crippen LogP contribution in [0.25, 0.3) is 10.4 Å². The summed E-state index contributed by atoms with van der Waals surface area (Å²) in [4.78, 5) is 19.0. The highest BCUT2D eigenvalue weighted by atomic mass is 32.2. The zero-order valence-corrected chi connectivity index (χ0v) is 19.4. The van der Waals surface area contributed by atoms with Crippen LogP contribution < -0.4 is 5.32 Å². The molecule has 2 aromatic carbocycles. The standard InChI is InChI=1S/C26H21N3OS2/c1-17-9-6-7-12-21(17)29-25(30)23-18(2)28-26(32-16-19-10-4-3-5-11-19)20(15-27)24(23)22-13-8-14-31-22/h3-14H,16H2,1-2H3,(H,29,30). The quantitative estimate of drug-likeness (QED) is 0.323. The van der Waals surface area contributed by atoms with Gasteiger partial charge >= 0.3 is 0 Å². The molecule has 158 valence electrons. The van der Waals surface area contributed by atoms with Crippen LogP contribution in [0.4, 0.5) is 5.69 Å². The molecule has 1 N–H and O–H groups in total. The number of benzene rings is 2. The van der Waals surface area contributed by atoms with Crippen molar-refractivity contribution >= 4 is 34.7 Å². The highest BCUT2D eigenvalue weighted by Crippen LogP contribution is 2.38. The summed E-state index contributed by atoms with van der Waals surface area (Å²) in [6.45, 7) is 3.78. The molecule has 4 aromatic rings. The van der Waals surface area contributed by atoms with Crippen molar-refractivity contribution in [3.8, 4) is 16.5 Å². The van der Waals surface area contributed by atoms with Crippen molar-refractivity contribution in [2.75, 3.05) is 5.32 Å². The Kier molecular flexibility index (Phi) is 6.69. The maximum absolute atomic E-state index is 13.4. The Morgan fingerprint density at radius 2 is 1.81 bits per heavy atom. The summed E-state index contributed by atoms with van der Waals surface area (Å²) in [5, 5.41) is 15.7. The number of hydrogen-bond acceptors (Lipinski definition) is 5. The summed E-state index contributed by atoms with van der Waals surface area (Å²) in [6.07, 6.45) is 0. The zero-order valence-electron chi connectivity index (χ0n) is 17.8. The fraction of sp³-hybridized carbons (Fsp3) is 0.115. The largest absolute Gasteiger partial charge is 0.322 e. The van der Waals surface area contributed by atoms with Crippen molar-refractivity contribution < 1.29 is 4.79 Å². The number of anilines is 1. The number of thioether (sulfide) groups is 1. The number of para-hydroxylation sites is 1. The number of pyridine rings is 1. The average Bonchev–Trinajstić information content (AvgIpc) is 3.34. The number of nitrogens with one attached hydrogen (secondary N) is 1. The Hall–Kier alpha value is -3.40. The van der Waals surface area contributed by atoms with Gasteiger partial charge in [0, 0.05) is 21.9 Å². The third kappa shape index (κ3) is 4.59.